The van der Waals surface area contributed by atoms with Gasteiger partial charge in [-0.25, -0.2) is 4.57 Å². The maximum atomic E-state index is 12.9. The Morgan fingerprint density at radius 3 is 1.05 bits per heavy atom. The van der Waals surface area contributed by atoms with E-state index in [1.54, 1.807) is 0 Å². The van der Waals surface area contributed by atoms with Crippen LogP contribution in [0.2, 0.25) is 0 Å². The number of hydrogen-bond acceptors (Lipinski definition) is 10. The Kier molecular flexibility index (Phi) is 54.8. The maximum Gasteiger partial charge on any atom is 0.472 e. The van der Waals surface area contributed by atoms with Gasteiger partial charge in [-0.1, -0.05) is 208 Å². The van der Waals surface area contributed by atoms with Gasteiger partial charge in [-0.05, 0) is 122 Å². The molecule has 0 aliphatic heterocycles. The Bertz CT molecular complexity index is 1640. The molecule has 0 spiro atoms. The monoisotopic (exact) mass is 1080 g/mol. The standard InChI is InChI=1S/C64H109O11P/c1-4-7-10-13-16-19-22-25-28-29-30-31-34-37-40-43-46-49-52-55-64(68)75-61(57-71-62(66)53-50-47-44-41-38-35-32-26-23-20-17-14-11-8-5-2)59-73-76(69,70)72-58-60(56-65)74-63(67)54-51-48-45-42-39-36-33-27-24-21-18-15-12-9-6-3/h7,10,16-21,25-28,30-33,60-61,65H,4-6,8-9,11-15,22-24,29,34-59H2,1-3H3,(H,69,70)/b10-7-,19-16-,20-17-,21-18-,28-25-,31-30-,32-26-,33-27-. The van der Waals surface area contributed by atoms with Crippen LogP contribution in [-0.2, 0) is 42.2 Å². The highest BCUT2D eigenvalue weighted by molar-refractivity contribution is 7.47. The minimum Gasteiger partial charge on any atom is -0.462 e. The maximum absolute atomic E-state index is 12.9. The summed E-state index contributed by atoms with van der Waals surface area (Å²) >= 11 is 0. The van der Waals surface area contributed by atoms with Gasteiger partial charge in [0.05, 0.1) is 19.8 Å². The van der Waals surface area contributed by atoms with E-state index in [0.29, 0.717) is 19.3 Å². The van der Waals surface area contributed by atoms with Crippen LogP contribution in [0.25, 0.3) is 0 Å². The van der Waals surface area contributed by atoms with Crippen LogP contribution in [0.15, 0.2) is 97.2 Å². The first kappa shape index (κ1) is 72.4. The normalized spacial score (nSPS) is 14.0. The minimum atomic E-state index is -4.77. The van der Waals surface area contributed by atoms with Crippen LogP contribution in [0, 0.1) is 0 Å². The van der Waals surface area contributed by atoms with Gasteiger partial charge < -0.3 is 24.2 Å². The second-order valence-electron chi connectivity index (χ2n) is 19.8. The topological polar surface area (TPSA) is 155 Å². The molecule has 12 heteroatoms. The number of rotatable bonds is 55. The molecule has 0 aromatic carbocycles. The number of hydrogen-bond donors (Lipinski definition) is 2. The molecule has 3 atom stereocenters. The van der Waals surface area contributed by atoms with E-state index in [9.17, 15) is 28.9 Å². The van der Waals surface area contributed by atoms with Crippen molar-refractivity contribution in [3.8, 4) is 0 Å². The fourth-order valence-electron chi connectivity index (χ4n) is 7.88. The van der Waals surface area contributed by atoms with Crippen molar-refractivity contribution in [2.24, 2.45) is 0 Å². The summed E-state index contributed by atoms with van der Waals surface area (Å²) in [5.74, 6) is -1.51. The molecule has 0 aliphatic rings. The van der Waals surface area contributed by atoms with Crippen LogP contribution >= 0.6 is 7.82 Å². The zero-order valence-electron chi connectivity index (χ0n) is 48.2. The van der Waals surface area contributed by atoms with Crippen LogP contribution in [-0.4, -0.2) is 66.5 Å². The fourth-order valence-corrected chi connectivity index (χ4v) is 8.66. The van der Waals surface area contributed by atoms with E-state index in [4.69, 9.17) is 23.3 Å². The number of carbonyl (C=O) groups excluding carboxylic acids is 3. The third-order valence-corrected chi connectivity index (χ3v) is 13.4. The van der Waals surface area contributed by atoms with Crippen molar-refractivity contribution >= 4 is 25.7 Å². The van der Waals surface area contributed by atoms with Gasteiger partial charge in [0.25, 0.3) is 0 Å². The van der Waals surface area contributed by atoms with Crippen LogP contribution in [0.3, 0.4) is 0 Å². The van der Waals surface area contributed by atoms with E-state index in [2.05, 4.69) is 118 Å². The molecule has 0 aromatic rings. The number of phosphoric ester groups is 1. The number of aliphatic hydroxyl groups is 1. The van der Waals surface area contributed by atoms with Gasteiger partial charge in [0, 0.05) is 19.3 Å². The SMILES string of the molecule is CC/C=C\C/C=C\C/C=C\C/C=C\CCCCCCCCC(=O)OC(COC(=O)CCCCCCC/C=C\C/C=C\CCCCC)COP(=O)(O)OCC(CO)OC(=O)CCCCCCC/C=C\C/C=C\CCCCC. The first-order valence-corrected chi connectivity index (χ1v) is 31.6. The summed E-state index contributed by atoms with van der Waals surface area (Å²) in [6, 6.07) is 0. The number of unbranched alkanes of at least 4 members (excludes halogenated alkanes) is 22. The van der Waals surface area contributed by atoms with Crippen LogP contribution in [0.1, 0.15) is 252 Å². The van der Waals surface area contributed by atoms with Crippen molar-refractivity contribution in [2.75, 3.05) is 26.4 Å². The lowest BCUT2D eigenvalue weighted by Crippen LogP contribution is -2.30. The summed E-state index contributed by atoms with van der Waals surface area (Å²) in [6.45, 7) is 4.44. The smallest absolute Gasteiger partial charge is 0.462 e. The Labute approximate surface area is 463 Å². The molecular formula is C64H109O11P. The van der Waals surface area contributed by atoms with Gasteiger partial charge in [0.1, 0.15) is 12.7 Å². The lowest BCUT2D eigenvalue weighted by molar-refractivity contribution is -0.161. The fraction of sp³-hybridized carbons (Fsp3) is 0.703. The molecule has 0 saturated carbocycles. The summed E-state index contributed by atoms with van der Waals surface area (Å²) in [7, 11) is -4.77. The second kappa shape index (κ2) is 57.6. The number of allylic oxidation sites excluding steroid dienone is 16. The molecular weight excluding hydrogens is 976 g/mol. The lowest BCUT2D eigenvalue weighted by atomic mass is 10.1. The number of phosphoric acid groups is 1. The third-order valence-electron chi connectivity index (χ3n) is 12.5. The molecule has 0 aromatic heterocycles. The molecule has 436 valence electrons. The van der Waals surface area contributed by atoms with E-state index in [0.717, 1.165) is 154 Å². The van der Waals surface area contributed by atoms with E-state index < -0.39 is 57.8 Å². The number of esters is 3. The summed E-state index contributed by atoms with van der Waals surface area (Å²) in [5, 5.41) is 9.83. The van der Waals surface area contributed by atoms with Crippen molar-refractivity contribution < 1.29 is 52.2 Å². The zero-order valence-corrected chi connectivity index (χ0v) is 49.1. The number of carbonyl (C=O) groups is 3. The molecule has 0 bridgehead atoms. The number of aliphatic hydroxyl groups excluding tert-OH is 1. The largest absolute Gasteiger partial charge is 0.472 e. The molecule has 0 fully saturated rings. The summed E-state index contributed by atoms with van der Waals surface area (Å²) < 4.78 is 39.6. The Balaban J connectivity index is 4.78. The predicted molar refractivity (Wildman–Crippen MR) is 316 cm³/mol. The van der Waals surface area contributed by atoms with Crippen LogP contribution in [0.4, 0.5) is 0 Å². The van der Waals surface area contributed by atoms with E-state index in [1.807, 2.05) is 0 Å². The van der Waals surface area contributed by atoms with Crippen molar-refractivity contribution in [1.82, 2.24) is 0 Å². The zero-order chi connectivity index (χ0) is 55.5. The average Bonchev–Trinajstić information content (AvgIpc) is 3.41. The van der Waals surface area contributed by atoms with E-state index in [-0.39, 0.29) is 25.9 Å². The molecule has 0 saturated heterocycles. The van der Waals surface area contributed by atoms with Gasteiger partial charge in [-0.2, -0.15) is 0 Å². The molecule has 0 aliphatic carbocycles. The van der Waals surface area contributed by atoms with Gasteiger partial charge in [-0.3, -0.25) is 23.4 Å². The quantitative estimate of drug-likeness (QED) is 0.0197. The average molecular weight is 1090 g/mol. The van der Waals surface area contributed by atoms with Crippen molar-refractivity contribution in [3.05, 3.63) is 97.2 Å². The lowest BCUT2D eigenvalue weighted by Gasteiger charge is -2.21. The van der Waals surface area contributed by atoms with Crippen molar-refractivity contribution in [3.63, 3.8) is 0 Å². The molecule has 3 unspecified atom stereocenters. The molecule has 0 radical (unpaired) electrons. The van der Waals surface area contributed by atoms with Gasteiger partial charge in [0.15, 0.2) is 6.10 Å². The summed E-state index contributed by atoms with van der Waals surface area (Å²) in [4.78, 5) is 48.6. The Morgan fingerprint density at radius 1 is 0.382 bits per heavy atom. The summed E-state index contributed by atoms with van der Waals surface area (Å²) in [5.41, 5.74) is 0. The van der Waals surface area contributed by atoms with Crippen LogP contribution in [0.5, 0.6) is 0 Å². The Morgan fingerprint density at radius 2 is 0.684 bits per heavy atom. The van der Waals surface area contributed by atoms with Gasteiger partial charge in [-0.15, -0.1) is 0 Å². The van der Waals surface area contributed by atoms with Gasteiger partial charge in [0.2, 0.25) is 0 Å². The molecule has 2 N–H and O–H groups in total. The molecule has 0 rings (SSSR count). The van der Waals surface area contributed by atoms with Crippen LogP contribution < -0.4 is 0 Å². The summed E-state index contributed by atoms with van der Waals surface area (Å²) in [6.07, 6.45) is 67.8. The highest BCUT2D eigenvalue weighted by atomic mass is 31.2. The number of ether oxygens (including phenoxy) is 3. The van der Waals surface area contributed by atoms with Crippen molar-refractivity contribution in [2.45, 2.75) is 264 Å². The molecule has 0 heterocycles. The second-order valence-corrected chi connectivity index (χ2v) is 21.2. The predicted octanol–water partition coefficient (Wildman–Crippen LogP) is 18.0. The first-order valence-electron chi connectivity index (χ1n) is 30.1. The molecule has 0 amide bonds. The highest BCUT2D eigenvalue weighted by Crippen LogP contribution is 2.43. The highest BCUT2D eigenvalue weighted by Gasteiger charge is 2.28. The third kappa shape index (κ3) is 55.2. The Hall–Kier alpha value is -3.60. The van der Waals surface area contributed by atoms with E-state index >= 15 is 0 Å². The molecule has 11 nitrogen and oxygen atoms in total. The van der Waals surface area contributed by atoms with Crippen molar-refractivity contribution in [1.29, 1.82) is 0 Å². The first-order chi connectivity index (χ1) is 37.2. The minimum absolute atomic E-state index is 0.143. The van der Waals surface area contributed by atoms with E-state index in [1.165, 1.54) is 38.5 Å². The van der Waals surface area contributed by atoms with Gasteiger partial charge >= 0.3 is 25.7 Å². The molecule has 76 heavy (non-hydrogen) atoms.